The van der Waals surface area contributed by atoms with Crippen LogP contribution >= 0.6 is 15.9 Å². The minimum Gasteiger partial charge on any atom is -0.493 e. The van der Waals surface area contributed by atoms with Gasteiger partial charge in [0.25, 0.3) is 11.8 Å². The maximum absolute atomic E-state index is 12.9. The molecule has 11 heteroatoms. The van der Waals surface area contributed by atoms with Crippen LogP contribution in [-0.4, -0.2) is 48.9 Å². The molecule has 3 N–H and O–H groups in total. The summed E-state index contributed by atoms with van der Waals surface area (Å²) in [6.45, 7) is 3.13. The van der Waals surface area contributed by atoms with E-state index in [2.05, 4.69) is 31.9 Å². The molecule has 1 aliphatic rings. The van der Waals surface area contributed by atoms with Crippen molar-refractivity contribution in [2.75, 3.05) is 30.9 Å². The zero-order valence-corrected chi connectivity index (χ0v) is 23.6. The van der Waals surface area contributed by atoms with E-state index in [-0.39, 0.29) is 18.2 Å². The molecule has 4 rings (SSSR count). The van der Waals surface area contributed by atoms with Crippen molar-refractivity contribution in [3.63, 3.8) is 0 Å². The largest absolute Gasteiger partial charge is 0.493 e. The van der Waals surface area contributed by atoms with Gasteiger partial charge in [0.1, 0.15) is 12.2 Å². The summed E-state index contributed by atoms with van der Waals surface area (Å²) in [5.74, 6) is -0.912. The molecule has 0 saturated carbocycles. The van der Waals surface area contributed by atoms with Crippen molar-refractivity contribution in [1.82, 2.24) is 10.2 Å². The second-order valence-electron chi connectivity index (χ2n) is 9.03. The van der Waals surface area contributed by atoms with Crippen LogP contribution in [0.25, 0.3) is 6.08 Å². The fourth-order valence-electron chi connectivity index (χ4n) is 3.88. The first kappa shape index (κ1) is 28.4. The number of benzene rings is 3. The Morgan fingerprint density at radius 2 is 1.68 bits per heavy atom. The quantitative estimate of drug-likeness (QED) is 0.241. The smallest absolute Gasteiger partial charge is 0.329 e. The number of nitrogens with zero attached hydrogens (tertiary/aromatic N) is 1. The number of imide groups is 1. The van der Waals surface area contributed by atoms with Gasteiger partial charge in [-0.25, -0.2) is 9.69 Å². The van der Waals surface area contributed by atoms with Crippen LogP contribution in [0.2, 0.25) is 0 Å². The van der Waals surface area contributed by atoms with Crippen LogP contribution in [0.3, 0.4) is 0 Å². The Balaban J connectivity index is 1.42. The third kappa shape index (κ3) is 7.06. The Kier molecular flexibility index (Phi) is 8.85. The Bertz CT molecular complexity index is 1500. The summed E-state index contributed by atoms with van der Waals surface area (Å²) in [5, 5.41) is 7.94. The SMILES string of the molecule is COc1cc(/C=C2/NC(=O)N(CC(=O)Nc3cccc(C)c3)C2=O)cc(Br)c1OCC(=O)Nc1ccc(C)cc1. The lowest BCUT2D eigenvalue weighted by Gasteiger charge is -2.14. The van der Waals surface area contributed by atoms with Crippen molar-refractivity contribution in [1.29, 1.82) is 0 Å². The average Bonchev–Trinajstić information content (AvgIpc) is 3.16. The van der Waals surface area contributed by atoms with Crippen molar-refractivity contribution in [3.8, 4) is 11.5 Å². The molecule has 1 fully saturated rings. The topological polar surface area (TPSA) is 126 Å². The number of aryl methyl sites for hydroxylation is 2. The molecule has 0 aliphatic carbocycles. The van der Waals surface area contributed by atoms with E-state index in [9.17, 15) is 19.2 Å². The number of nitrogens with one attached hydrogen (secondary N) is 3. The van der Waals surface area contributed by atoms with Gasteiger partial charge in [-0.2, -0.15) is 0 Å². The summed E-state index contributed by atoms with van der Waals surface area (Å²) in [7, 11) is 1.44. The third-order valence-electron chi connectivity index (χ3n) is 5.81. The molecule has 0 radical (unpaired) electrons. The molecule has 0 spiro atoms. The number of anilines is 2. The van der Waals surface area contributed by atoms with Gasteiger partial charge in [0.2, 0.25) is 5.91 Å². The Morgan fingerprint density at radius 3 is 2.38 bits per heavy atom. The normalized spacial score (nSPS) is 13.7. The molecule has 5 amide bonds. The standard InChI is InChI=1S/C29H27BrN4O6/c1-17-7-9-20(10-8-17)31-26(36)16-40-27-22(30)12-19(14-24(27)39-3)13-23-28(37)34(29(38)33-23)15-25(35)32-21-6-4-5-18(2)11-21/h4-14H,15-16H2,1-3H3,(H,31,36)(H,32,35)(H,33,38)/b23-13+. The van der Waals surface area contributed by atoms with E-state index in [4.69, 9.17) is 9.47 Å². The van der Waals surface area contributed by atoms with Crippen molar-refractivity contribution >= 4 is 57.1 Å². The van der Waals surface area contributed by atoms with E-state index >= 15 is 0 Å². The lowest BCUT2D eigenvalue weighted by Crippen LogP contribution is -2.38. The van der Waals surface area contributed by atoms with Gasteiger partial charge >= 0.3 is 6.03 Å². The first-order chi connectivity index (χ1) is 19.1. The molecule has 1 aliphatic heterocycles. The van der Waals surface area contributed by atoms with Crippen molar-refractivity contribution < 1.29 is 28.7 Å². The summed E-state index contributed by atoms with van der Waals surface area (Å²) >= 11 is 3.42. The van der Waals surface area contributed by atoms with Gasteiger partial charge in [-0.3, -0.25) is 14.4 Å². The molecular weight excluding hydrogens is 580 g/mol. The summed E-state index contributed by atoms with van der Waals surface area (Å²) in [6, 6.07) is 17.1. The second kappa shape index (κ2) is 12.5. The van der Waals surface area contributed by atoms with Crippen molar-refractivity contribution in [2.24, 2.45) is 0 Å². The van der Waals surface area contributed by atoms with E-state index in [0.717, 1.165) is 16.0 Å². The van der Waals surface area contributed by atoms with Gasteiger partial charge in [0, 0.05) is 11.4 Å². The number of carbonyl (C=O) groups is 4. The van der Waals surface area contributed by atoms with Gasteiger partial charge in [0.15, 0.2) is 18.1 Å². The van der Waals surface area contributed by atoms with Crippen LogP contribution in [0.15, 0.2) is 70.8 Å². The Labute approximate surface area is 239 Å². The predicted molar refractivity (Wildman–Crippen MR) is 154 cm³/mol. The van der Waals surface area contributed by atoms with Gasteiger partial charge in [0.05, 0.1) is 11.6 Å². The minimum absolute atomic E-state index is 0.00606. The van der Waals surface area contributed by atoms with E-state index < -0.39 is 24.4 Å². The molecule has 10 nitrogen and oxygen atoms in total. The average molecular weight is 607 g/mol. The highest BCUT2D eigenvalue weighted by Crippen LogP contribution is 2.37. The van der Waals surface area contributed by atoms with Gasteiger partial charge < -0.3 is 25.4 Å². The molecule has 0 unspecified atom stereocenters. The maximum atomic E-state index is 12.9. The van der Waals surface area contributed by atoms with E-state index in [0.29, 0.717) is 32.9 Å². The summed E-state index contributed by atoms with van der Waals surface area (Å²) in [6.07, 6.45) is 1.46. The molecule has 0 bridgehead atoms. The Morgan fingerprint density at radius 1 is 0.950 bits per heavy atom. The van der Waals surface area contributed by atoms with Crippen LogP contribution < -0.4 is 25.4 Å². The van der Waals surface area contributed by atoms with Crippen LogP contribution in [0.4, 0.5) is 16.2 Å². The number of rotatable bonds is 9. The lowest BCUT2D eigenvalue weighted by atomic mass is 10.1. The first-order valence-corrected chi connectivity index (χ1v) is 13.0. The Hall–Kier alpha value is -4.64. The van der Waals surface area contributed by atoms with Crippen molar-refractivity contribution in [3.05, 3.63) is 87.5 Å². The van der Waals surface area contributed by atoms with Gasteiger partial charge in [-0.15, -0.1) is 0 Å². The van der Waals surface area contributed by atoms with Crippen LogP contribution in [0.1, 0.15) is 16.7 Å². The van der Waals surface area contributed by atoms with Gasteiger partial charge in [-0.05, 0) is 83.4 Å². The lowest BCUT2D eigenvalue weighted by molar-refractivity contribution is -0.127. The number of methoxy groups -OCH3 is 1. The molecule has 1 heterocycles. The van der Waals surface area contributed by atoms with Crippen LogP contribution in [-0.2, 0) is 14.4 Å². The highest BCUT2D eigenvalue weighted by Gasteiger charge is 2.35. The first-order valence-electron chi connectivity index (χ1n) is 12.2. The fraction of sp³-hybridized carbons (Fsp3) is 0.172. The maximum Gasteiger partial charge on any atom is 0.329 e. The molecule has 40 heavy (non-hydrogen) atoms. The summed E-state index contributed by atoms with van der Waals surface area (Å²) in [5.41, 5.74) is 3.76. The molecule has 206 valence electrons. The zero-order chi connectivity index (χ0) is 28.8. The molecule has 0 atom stereocenters. The summed E-state index contributed by atoms with van der Waals surface area (Å²) in [4.78, 5) is 51.0. The van der Waals surface area contributed by atoms with Gasteiger partial charge in [-0.1, -0.05) is 29.8 Å². The monoisotopic (exact) mass is 606 g/mol. The molecule has 3 aromatic carbocycles. The summed E-state index contributed by atoms with van der Waals surface area (Å²) < 4.78 is 11.6. The molecule has 3 aromatic rings. The highest BCUT2D eigenvalue weighted by molar-refractivity contribution is 9.10. The molecule has 1 saturated heterocycles. The number of amides is 5. The number of halogens is 1. The second-order valence-corrected chi connectivity index (χ2v) is 9.89. The van der Waals surface area contributed by atoms with Crippen LogP contribution in [0, 0.1) is 13.8 Å². The van der Waals surface area contributed by atoms with E-state index in [1.54, 1.807) is 42.5 Å². The number of hydrogen-bond acceptors (Lipinski definition) is 6. The number of carbonyl (C=O) groups excluding carboxylic acids is 4. The zero-order valence-electron chi connectivity index (χ0n) is 22.0. The molecule has 0 aromatic heterocycles. The highest BCUT2D eigenvalue weighted by atomic mass is 79.9. The fourth-order valence-corrected chi connectivity index (χ4v) is 4.46. The minimum atomic E-state index is -0.707. The van der Waals surface area contributed by atoms with E-state index in [1.165, 1.54) is 13.2 Å². The van der Waals surface area contributed by atoms with Crippen molar-refractivity contribution in [2.45, 2.75) is 13.8 Å². The number of urea groups is 1. The number of hydrogen-bond donors (Lipinski definition) is 3. The molecular formula is C29H27BrN4O6. The predicted octanol–water partition coefficient (Wildman–Crippen LogP) is 4.62. The van der Waals surface area contributed by atoms with E-state index in [1.807, 2.05) is 32.0 Å². The van der Waals surface area contributed by atoms with Crippen LogP contribution in [0.5, 0.6) is 11.5 Å². The number of ether oxygens (including phenoxy) is 2. The third-order valence-corrected chi connectivity index (χ3v) is 6.40.